The lowest BCUT2D eigenvalue weighted by molar-refractivity contribution is -0.121. The number of likely N-dealkylation sites (N-methyl/N-ethyl adjacent to an activating group) is 1. The highest BCUT2D eigenvalue weighted by atomic mass is 16.5. The minimum atomic E-state index is -0.536. The Morgan fingerprint density at radius 1 is 1.17 bits per heavy atom. The van der Waals surface area contributed by atoms with E-state index in [1.54, 1.807) is 37.4 Å². The first-order valence-electron chi connectivity index (χ1n) is 7.21. The van der Waals surface area contributed by atoms with Crippen molar-refractivity contribution < 1.29 is 19.1 Å². The van der Waals surface area contributed by atoms with E-state index in [1.165, 1.54) is 17.0 Å². The van der Waals surface area contributed by atoms with Crippen LogP contribution in [-0.2, 0) is 4.79 Å². The summed E-state index contributed by atoms with van der Waals surface area (Å²) >= 11 is 0. The molecule has 7 heteroatoms. The molecule has 1 heterocycles. The predicted molar refractivity (Wildman–Crippen MR) is 88.3 cm³/mol. The first-order valence-corrected chi connectivity index (χ1v) is 7.21. The summed E-state index contributed by atoms with van der Waals surface area (Å²) in [6.07, 6.45) is 0. The van der Waals surface area contributed by atoms with Crippen molar-refractivity contribution in [2.24, 2.45) is 5.73 Å². The molecule has 3 rings (SSSR count). The number of nitrogens with zero attached hydrogens (tertiary/aromatic N) is 1. The number of hydrogen-bond donors (Lipinski definition) is 2. The molecule has 0 spiro atoms. The molecule has 7 nitrogen and oxygen atoms in total. The summed E-state index contributed by atoms with van der Waals surface area (Å²) in [6.45, 7) is -0.110. The zero-order valence-corrected chi connectivity index (χ0v) is 12.9. The van der Waals surface area contributed by atoms with E-state index in [-0.39, 0.29) is 18.4 Å². The number of anilines is 2. The lowest BCUT2D eigenvalue weighted by atomic mass is 10.1. The number of carbonyl (C=O) groups excluding carboxylic acids is 3. The molecule has 1 aliphatic heterocycles. The number of nitrogens with one attached hydrogen (secondary N) is 1. The van der Waals surface area contributed by atoms with Gasteiger partial charge in [0, 0.05) is 18.3 Å². The van der Waals surface area contributed by atoms with Gasteiger partial charge >= 0.3 is 0 Å². The number of rotatable bonds is 3. The molecule has 0 radical (unpaired) electrons. The van der Waals surface area contributed by atoms with E-state index in [2.05, 4.69) is 5.32 Å². The summed E-state index contributed by atoms with van der Waals surface area (Å²) < 4.78 is 5.43. The van der Waals surface area contributed by atoms with Crippen LogP contribution < -0.4 is 20.7 Å². The van der Waals surface area contributed by atoms with Gasteiger partial charge < -0.3 is 20.7 Å². The van der Waals surface area contributed by atoms with Crippen molar-refractivity contribution in [3.63, 3.8) is 0 Å². The third kappa shape index (κ3) is 2.79. The van der Waals surface area contributed by atoms with E-state index >= 15 is 0 Å². The number of para-hydroxylation sites is 1. The summed E-state index contributed by atoms with van der Waals surface area (Å²) in [5, 5.41) is 2.73. The second-order valence-corrected chi connectivity index (χ2v) is 5.29. The zero-order valence-electron chi connectivity index (χ0n) is 12.9. The first kappa shape index (κ1) is 15.5. The van der Waals surface area contributed by atoms with Gasteiger partial charge in [-0.3, -0.25) is 14.4 Å². The molecule has 0 bridgehead atoms. The van der Waals surface area contributed by atoms with Crippen LogP contribution in [0.25, 0.3) is 0 Å². The summed E-state index contributed by atoms with van der Waals surface area (Å²) in [5.41, 5.74) is 6.92. The Hall–Kier alpha value is -3.35. The molecule has 0 aliphatic carbocycles. The van der Waals surface area contributed by atoms with Crippen LogP contribution in [0.4, 0.5) is 11.4 Å². The van der Waals surface area contributed by atoms with Crippen LogP contribution in [0.3, 0.4) is 0 Å². The third-order valence-electron chi connectivity index (χ3n) is 3.74. The van der Waals surface area contributed by atoms with E-state index in [0.29, 0.717) is 28.3 Å². The van der Waals surface area contributed by atoms with Crippen molar-refractivity contribution in [3.05, 3.63) is 53.6 Å². The van der Waals surface area contributed by atoms with Crippen molar-refractivity contribution in [3.8, 4) is 5.75 Å². The maximum absolute atomic E-state index is 12.5. The average Bonchev–Trinajstić information content (AvgIpc) is 2.58. The normalized spacial score (nSPS) is 13.0. The van der Waals surface area contributed by atoms with Gasteiger partial charge in [0.15, 0.2) is 12.4 Å². The van der Waals surface area contributed by atoms with Gasteiger partial charge in [-0.25, -0.2) is 0 Å². The molecule has 0 unspecified atom stereocenters. The monoisotopic (exact) mass is 325 g/mol. The van der Waals surface area contributed by atoms with Crippen molar-refractivity contribution in [2.75, 3.05) is 23.9 Å². The second-order valence-electron chi connectivity index (χ2n) is 5.29. The zero-order chi connectivity index (χ0) is 17.3. The van der Waals surface area contributed by atoms with Gasteiger partial charge in [-0.15, -0.1) is 0 Å². The van der Waals surface area contributed by atoms with Gasteiger partial charge in [-0.05, 0) is 36.4 Å². The van der Waals surface area contributed by atoms with E-state index in [9.17, 15) is 14.4 Å². The number of primary amides is 1. The Balaban J connectivity index is 1.86. The Bertz CT molecular complexity index is 830. The SMILES string of the molecule is CN1C(=O)COc2c(C(=O)Nc3ccc(C(N)=O)cc3)cccc21. The minimum absolute atomic E-state index is 0.110. The number of carbonyl (C=O) groups is 3. The van der Waals surface area contributed by atoms with Crippen molar-refractivity contribution in [2.45, 2.75) is 0 Å². The fourth-order valence-electron chi connectivity index (χ4n) is 2.40. The number of amides is 3. The number of benzene rings is 2. The predicted octanol–water partition coefficient (Wildman–Crippen LogP) is 1.39. The maximum Gasteiger partial charge on any atom is 0.264 e. The fraction of sp³-hybridized carbons (Fsp3) is 0.118. The van der Waals surface area contributed by atoms with E-state index in [1.807, 2.05) is 0 Å². The molecule has 3 amide bonds. The summed E-state index contributed by atoms with van der Waals surface area (Å²) in [6, 6.07) is 11.2. The highest BCUT2D eigenvalue weighted by Crippen LogP contribution is 2.34. The average molecular weight is 325 g/mol. The number of nitrogens with two attached hydrogens (primary N) is 1. The van der Waals surface area contributed by atoms with E-state index in [4.69, 9.17) is 10.5 Å². The fourth-order valence-corrected chi connectivity index (χ4v) is 2.40. The van der Waals surface area contributed by atoms with Crippen LogP contribution in [-0.4, -0.2) is 31.4 Å². The molecule has 2 aromatic carbocycles. The largest absolute Gasteiger partial charge is 0.481 e. The number of fused-ring (bicyclic) bond motifs is 1. The van der Waals surface area contributed by atoms with Gasteiger partial charge in [0.2, 0.25) is 5.91 Å². The van der Waals surface area contributed by atoms with E-state index in [0.717, 1.165) is 0 Å². The standard InChI is InChI=1S/C17H15N3O4/c1-20-13-4-2-3-12(15(13)24-9-14(20)21)17(23)19-11-7-5-10(6-8-11)16(18)22/h2-8H,9H2,1H3,(H2,18,22)(H,19,23). The van der Waals surface area contributed by atoms with Crippen LogP contribution in [0.5, 0.6) is 5.75 Å². The first-order chi connectivity index (χ1) is 11.5. The molecule has 1 aliphatic rings. The van der Waals surface area contributed by atoms with E-state index < -0.39 is 5.91 Å². The molecule has 24 heavy (non-hydrogen) atoms. The molecular weight excluding hydrogens is 310 g/mol. The molecule has 0 atom stereocenters. The van der Waals surface area contributed by atoms with Crippen molar-refractivity contribution in [1.29, 1.82) is 0 Å². The second kappa shape index (κ2) is 6.04. The quantitative estimate of drug-likeness (QED) is 0.890. The Morgan fingerprint density at radius 3 is 2.54 bits per heavy atom. The van der Waals surface area contributed by atoms with Gasteiger partial charge in [0.1, 0.15) is 0 Å². The summed E-state index contributed by atoms with van der Waals surface area (Å²) in [4.78, 5) is 36.7. The van der Waals surface area contributed by atoms with Crippen LogP contribution in [0, 0.1) is 0 Å². The van der Waals surface area contributed by atoms with Gasteiger partial charge in [0.05, 0.1) is 11.3 Å². The highest BCUT2D eigenvalue weighted by Gasteiger charge is 2.26. The van der Waals surface area contributed by atoms with Gasteiger partial charge in [0.25, 0.3) is 11.8 Å². The smallest absolute Gasteiger partial charge is 0.264 e. The molecule has 0 fully saturated rings. The molecule has 0 aromatic heterocycles. The molecule has 3 N–H and O–H groups in total. The Labute approximate surface area is 138 Å². The van der Waals surface area contributed by atoms with Gasteiger partial charge in [-0.1, -0.05) is 6.07 Å². The van der Waals surface area contributed by atoms with Crippen LogP contribution in [0.1, 0.15) is 20.7 Å². The van der Waals surface area contributed by atoms with Crippen LogP contribution in [0.15, 0.2) is 42.5 Å². The third-order valence-corrected chi connectivity index (χ3v) is 3.74. The molecule has 0 saturated carbocycles. The van der Waals surface area contributed by atoms with Crippen molar-refractivity contribution >= 4 is 29.1 Å². The topological polar surface area (TPSA) is 102 Å². The van der Waals surface area contributed by atoms with Crippen molar-refractivity contribution in [1.82, 2.24) is 0 Å². The lowest BCUT2D eigenvalue weighted by Gasteiger charge is -2.27. The summed E-state index contributed by atoms with van der Waals surface area (Å²) in [7, 11) is 1.63. The molecular formula is C17H15N3O4. The number of ether oxygens (including phenoxy) is 1. The van der Waals surface area contributed by atoms with Crippen LogP contribution in [0.2, 0.25) is 0 Å². The van der Waals surface area contributed by atoms with Crippen LogP contribution >= 0.6 is 0 Å². The maximum atomic E-state index is 12.5. The molecule has 2 aromatic rings. The minimum Gasteiger partial charge on any atom is -0.481 e. The Kier molecular flexibility index (Phi) is 3.91. The highest BCUT2D eigenvalue weighted by molar-refractivity contribution is 6.09. The molecule has 0 saturated heterocycles. The Morgan fingerprint density at radius 2 is 1.88 bits per heavy atom. The molecule has 122 valence electrons. The van der Waals surface area contributed by atoms with Gasteiger partial charge in [-0.2, -0.15) is 0 Å². The summed E-state index contributed by atoms with van der Waals surface area (Å²) in [5.74, 6) is -0.722. The lowest BCUT2D eigenvalue weighted by Crippen LogP contribution is -2.36. The number of hydrogen-bond acceptors (Lipinski definition) is 4.